The number of alkyl halides is 3. The number of anilines is 1. The molecule has 2 aliphatic rings. The van der Waals surface area contributed by atoms with Crippen molar-refractivity contribution in [3.05, 3.63) is 39.4 Å². The summed E-state index contributed by atoms with van der Waals surface area (Å²) in [5.74, 6) is -1.34. The van der Waals surface area contributed by atoms with E-state index in [-0.39, 0.29) is 18.5 Å². The van der Waals surface area contributed by atoms with E-state index in [1.807, 2.05) is 4.90 Å². The Morgan fingerprint density at radius 1 is 1.35 bits per heavy atom. The molecular weight excluding hydrogens is 355 g/mol. The second-order valence-corrected chi connectivity index (χ2v) is 6.35. The molecule has 1 amide bonds. The first kappa shape index (κ1) is 18.4. The van der Waals surface area contributed by atoms with E-state index in [0.717, 1.165) is 6.07 Å². The van der Waals surface area contributed by atoms with Crippen LogP contribution in [0.25, 0.3) is 0 Å². The molecule has 10 heteroatoms. The fourth-order valence-electron chi connectivity index (χ4n) is 3.01. The summed E-state index contributed by atoms with van der Waals surface area (Å²) in [6.45, 7) is 1.61. The van der Waals surface area contributed by atoms with Crippen LogP contribution in [0.15, 0.2) is 18.2 Å². The SMILES string of the molecule is O=C(NCc1ccc(N2CCOCC2)cc1C(F)(F)F)C1CC1[N+](=O)[O-]. The Bertz CT molecular complexity index is 704. The van der Waals surface area contributed by atoms with Crippen molar-refractivity contribution in [3.8, 4) is 0 Å². The van der Waals surface area contributed by atoms with Gasteiger partial charge in [-0.25, -0.2) is 0 Å². The molecule has 0 bridgehead atoms. The molecule has 1 saturated carbocycles. The van der Waals surface area contributed by atoms with Crippen LogP contribution in [0.1, 0.15) is 17.5 Å². The van der Waals surface area contributed by atoms with Gasteiger partial charge in [0.2, 0.25) is 11.9 Å². The maximum atomic E-state index is 13.4. The highest BCUT2D eigenvalue weighted by Crippen LogP contribution is 2.36. The van der Waals surface area contributed by atoms with Gasteiger partial charge < -0.3 is 15.0 Å². The van der Waals surface area contributed by atoms with Crippen molar-refractivity contribution < 1.29 is 27.6 Å². The predicted molar refractivity (Wildman–Crippen MR) is 85.2 cm³/mol. The fraction of sp³-hybridized carbons (Fsp3) is 0.562. The third kappa shape index (κ3) is 4.06. The third-order valence-electron chi connectivity index (χ3n) is 4.59. The fourth-order valence-corrected chi connectivity index (χ4v) is 3.01. The number of carbonyl (C=O) groups is 1. The van der Waals surface area contributed by atoms with E-state index >= 15 is 0 Å². The zero-order valence-corrected chi connectivity index (χ0v) is 13.8. The summed E-state index contributed by atoms with van der Waals surface area (Å²) < 4.78 is 45.4. The van der Waals surface area contributed by atoms with Crippen LogP contribution in [0.3, 0.4) is 0 Å². The average Bonchev–Trinajstić information content (AvgIpc) is 3.40. The van der Waals surface area contributed by atoms with Crippen LogP contribution < -0.4 is 10.2 Å². The van der Waals surface area contributed by atoms with Crippen molar-refractivity contribution in [1.82, 2.24) is 5.32 Å². The predicted octanol–water partition coefficient (Wildman–Crippen LogP) is 1.82. The molecule has 1 heterocycles. The minimum absolute atomic E-state index is 0.0684. The summed E-state index contributed by atoms with van der Waals surface area (Å²) in [7, 11) is 0. The number of carbonyl (C=O) groups excluding carboxylic acids is 1. The van der Waals surface area contributed by atoms with Crippen LogP contribution in [0.5, 0.6) is 0 Å². The summed E-state index contributed by atoms with van der Waals surface area (Å²) in [4.78, 5) is 23.7. The van der Waals surface area contributed by atoms with Crippen molar-refractivity contribution in [1.29, 1.82) is 0 Å². The van der Waals surface area contributed by atoms with Crippen LogP contribution in [0.2, 0.25) is 0 Å². The summed E-state index contributed by atoms with van der Waals surface area (Å²) in [6.07, 6.45) is -4.44. The highest BCUT2D eigenvalue weighted by molar-refractivity contribution is 5.82. The Kier molecular flexibility index (Phi) is 5.03. The highest BCUT2D eigenvalue weighted by atomic mass is 19.4. The molecule has 2 atom stereocenters. The van der Waals surface area contributed by atoms with Crippen LogP contribution in [-0.2, 0) is 22.3 Å². The van der Waals surface area contributed by atoms with Gasteiger partial charge in [0, 0.05) is 36.7 Å². The number of morpholine rings is 1. The molecule has 142 valence electrons. The molecule has 0 spiro atoms. The Morgan fingerprint density at radius 2 is 2.04 bits per heavy atom. The van der Waals surface area contributed by atoms with Crippen molar-refractivity contribution in [2.24, 2.45) is 5.92 Å². The van der Waals surface area contributed by atoms with Crippen LogP contribution in [0.4, 0.5) is 18.9 Å². The number of ether oxygens (including phenoxy) is 1. The molecular formula is C16H18F3N3O4. The largest absolute Gasteiger partial charge is 0.416 e. The molecule has 1 aromatic carbocycles. The van der Waals surface area contributed by atoms with E-state index in [1.54, 1.807) is 6.07 Å². The Labute approximate surface area is 147 Å². The van der Waals surface area contributed by atoms with Crippen molar-refractivity contribution in [2.75, 3.05) is 31.2 Å². The molecule has 1 aliphatic heterocycles. The zero-order chi connectivity index (χ0) is 18.9. The van der Waals surface area contributed by atoms with Crippen LogP contribution in [0, 0.1) is 16.0 Å². The molecule has 26 heavy (non-hydrogen) atoms. The molecule has 7 nitrogen and oxygen atoms in total. The molecule has 2 unspecified atom stereocenters. The number of benzene rings is 1. The van der Waals surface area contributed by atoms with E-state index in [9.17, 15) is 28.1 Å². The summed E-state index contributed by atoms with van der Waals surface area (Å²) >= 11 is 0. The standard InChI is InChI=1S/C16H18F3N3O4/c17-16(18,19)13-7-11(21-3-5-26-6-4-21)2-1-10(13)9-20-15(23)12-8-14(12)22(24)25/h1-2,7,12,14H,3-6,8-9H2,(H,20,23). The van der Waals surface area contributed by atoms with Gasteiger partial charge in [-0.15, -0.1) is 0 Å². The van der Waals surface area contributed by atoms with Gasteiger partial charge in [0.15, 0.2) is 0 Å². The number of nitrogens with one attached hydrogen (secondary N) is 1. The van der Waals surface area contributed by atoms with Gasteiger partial charge in [0.1, 0.15) is 5.92 Å². The van der Waals surface area contributed by atoms with E-state index < -0.39 is 34.5 Å². The maximum Gasteiger partial charge on any atom is 0.416 e. The molecule has 1 aliphatic carbocycles. The Hall–Kier alpha value is -2.36. The number of hydrogen-bond donors (Lipinski definition) is 1. The van der Waals surface area contributed by atoms with Crippen LogP contribution >= 0.6 is 0 Å². The maximum absolute atomic E-state index is 13.4. The molecule has 1 saturated heterocycles. The smallest absolute Gasteiger partial charge is 0.378 e. The normalized spacial score (nSPS) is 22.8. The summed E-state index contributed by atoms with van der Waals surface area (Å²) in [5, 5.41) is 13.0. The lowest BCUT2D eigenvalue weighted by molar-refractivity contribution is -0.497. The van der Waals surface area contributed by atoms with Gasteiger partial charge in [-0.2, -0.15) is 13.2 Å². The quantitative estimate of drug-likeness (QED) is 0.629. The van der Waals surface area contributed by atoms with E-state index in [4.69, 9.17) is 4.74 Å². The van der Waals surface area contributed by atoms with Crippen molar-refractivity contribution >= 4 is 11.6 Å². The third-order valence-corrected chi connectivity index (χ3v) is 4.59. The van der Waals surface area contributed by atoms with Crippen LogP contribution in [-0.4, -0.2) is 43.2 Å². The Balaban J connectivity index is 1.72. The first-order chi connectivity index (χ1) is 12.3. The van der Waals surface area contributed by atoms with E-state index in [0.29, 0.717) is 32.0 Å². The van der Waals surface area contributed by atoms with E-state index in [2.05, 4.69) is 5.32 Å². The van der Waals surface area contributed by atoms with Crippen molar-refractivity contribution in [3.63, 3.8) is 0 Å². The summed E-state index contributed by atoms with van der Waals surface area (Å²) in [6, 6.07) is 3.06. The second kappa shape index (κ2) is 7.10. The van der Waals surface area contributed by atoms with Crippen molar-refractivity contribution in [2.45, 2.75) is 25.2 Å². The van der Waals surface area contributed by atoms with Gasteiger partial charge >= 0.3 is 6.18 Å². The first-order valence-corrected chi connectivity index (χ1v) is 8.21. The molecule has 1 N–H and O–H groups in total. The average molecular weight is 373 g/mol. The Morgan fingerprint density at radius 3 is 2.62 bits per heavy atom. The highest BCUT2D eigenvalue weighted by Gasteiger charge is 2.53. The topological polar surface area (TPSA) is 84.7 Å². The molecule has 3 rings (SSSR count). The molecule has 0 aromatic heterocycles. The number of amides is 1. The van der Waals surface area contributed by atoms with Gasteiger partial charge in [0.25, 0.3) is 0 Å². The zero-order valence-electron chi connectivity index (χ0n) is 13.8. The van der Waals surface area contributed by atoms with Gasteiger partial charge in [-0.3, -0.25) is 14.9 Å². The number of nitro groups is 1. The second-order valence-electron chi connectivity index (χ2n) is 6.35. The number of nitrogens with zero attached hydrogens (tertiary/aromatic N) is 2. The van der Waals surface area contributed by atoms with Gasteiger partial charge in [-0.1, -0.05) is 6.07 Å². The lowest BCUT2D eigenvalue weighted by Gasteiger charge is -2.29. The lowest BCUT2D eigenvalue weighted by Crippen LogP contribution is -2.36. The first-order valence-electron chi connectivity index (χ1n) is 8.21. The summed E-state index contributed by atoms with van der Waals surface area (Å²) in [5.41, 5.74) is -0.434. The molecule has 2 fully saturated rings. The van der Waals surface area contributed by atoms with E-state index in [1.165, 1.54) is 6.07 Å². The lowest BCUT2D eigenvalue weighted by atomic mass is 10.0. The molecule has 0 radical (unpaired) electrons. The number of rotatable bonds is 5. The van der Waals surface area contributed by atoms with Gasteiger partial charge in [-0.05, 0) is 17.7 Å². The monoisotopic (exact) mass is 373 g/mol. The van der Waals surface area contributed by atoms with Gasteiger partial charge in [0.05, 0.1) is 18.8 Å². The number of halogens is 3. The number of hydrogen-bond acceptors (Lipinski definition) is 5. The molecule has 1 aromatic rings. The minimum atomic E-state index is -4.56. The minimum Gasteiger partial charge on any atom is -0.378 e.